The van der Waals surface area contributed by atoms with E-state index in [0.29, 0.717) is 19.4 Å². The number of ether oxygens (including phenoxy) is 1. The van der Waals surface area contributed by atoms with E-state index < -0.39 is 12.1 Å². The van der Waals surface area contributed by atoms with Gasteiger partial charge >= 0.3 is 5.97 Å². The summed E-state index contributed by atoms with van der Waals surface area (Å²) in [5.74, 6) is -0.0420. The molecule has 0 saturated carbocycles. The summed E-state index contributed by atoms with van der Waals surface area (Å²) in [5, 5.41) is 23.3. The normalized spacial score (nSPS) is 12.5. The third kappa shape index (κ3) is 63.8. The number of nitrogens with one attached hydrogen (secondary N) is 1. The molecule has 0 bridgehead atoms. The second kappa shape index (κ2) is 68.1. The lowest BCUT2D eigenvalue weighted by Crippen LogP contribution is -2.45. The SMILES string of the molecule is CCCCCCCCCCCCCCCCCCCCCCC/C=C/C(O)C(CO)NC(=O)CCCCCCCCCCCCCCCCCCCCCCCCCCCCOC(=O)CCCCCCCCCCCCCC. The van der Waals surface area contributed by atoms with Crippen LogP contribution in [-0.4, -0.2) is 47.4 Å². The van der Waals surface area contributed by atoms with Crippen LogP contribution in [-0.2, 0) is 14.3 Å². The van der Waals surface area contributed by atoms with Gasteiger partial charge in [-0.2, -0.15) is 0 Å². The van der Waals surface area contributed by atoms with E-state index in [9.17, 15) is 19.8 Å². The van der Waals surface area contributed by atoms with Crippen molar-refractivity contribution in [3.05, 3.63) is 12.2 Å². The number of hydrogen-bond donors (Lipinski definition) is 3. The zero-order valence-corrected chi connectivity index (χ0v) is 53.2. The number of carbonyl (C=O) groups excluding carboxylic acids is 2. The van der Waals surface area contributed by atoms with Gasteiger partial charge in [0.15, 0.2) is 0 Å². The summed E-state index contributed by atoms with van der Waals surface area (Å²) in [6.45, 7) is 4.95. The summed E-state index contributed by atoms with van der Waals surface area (Å²) in [6.07, 6.45) is 84.4. The van der Waals surface area contributed by atoms with E-state index in [2.05, 4.69) is 19.2 Å². The molecule has 0 fully saturated rings. The molecule has 0 rings (SSSR count). The number of aliphatic hydroxyl groups excluding tert-OH is 2. The molecule has 0 aromatic carbocycles. The maximum absolute atomic E-state index is 12.5. The van der Waals surface area contributed by atoms with E-state index in [1.165, 1.54) is 347 Å². The third-order valence-corrected chi connectivity index (χ3v) is 17.1. The molecule has 78 heavy (non-hydrogen) atoms. The summed E-state index contributed by atoms with van der Waals surface area (Å²) in [4.78, 5) is 24.6. The van der Waals surface area contributed by atoms with Crippen molar-refractivity contribution in [3.63, 3.8) is 0 Å². The first-order valence-corrected chi connectivity index (χ1v) is 36.0. The van der Waals surface area contributed by atoms with Crippen molar-refractivity contribution in [1.29, 1.82) is 0 Å². The molecule has 0 radical (unpaired) electrons. The Morgan fingerprint density at radius 1 is 0.346 bits per heavy atom. The molecule has 0 spiro atoms. The molecule has 6 nitrogen and oxygen atoms in total. The van der Waals surface area contributed by atoms with Crippen LogP contribution in [0.25, 0.3) is 0 Å². The molecule has 0 aromatic rings. The fraction of sp³-hybridized carbons (Fsp3) is 0.944. The van der Waals surface area contributed by atoms with Gasteiger partial charge in [-0.05, 0) is 32.1 Å². The molecule has 3 N–H and O–H groups in total. The van der Waals surface area contributed by atoms with Crippen LogP contribution in [0, 0.1) is 0 Å². The zero-order chi connectivity index (χ0) is 56.4. The second-order valence-corrected chi connectivity index (χ2v) is 24.9. The third-order valence-electron chi connectivity index (χ3n) is 17.1. The molecule has 2 unspecified atom stereocenters. The van der Waals surface area contributed by atoms with Crippen LogP contribution in [0.15, 0.2) is 12.2 Å². The van der Waals surface area contributed by atoms with E-state index in [-0.39, 0.29) is 18.5 Å². The molecule has 464 valence electrons. The van der Waals surface area contributed by atoms with Gasteiger partial charge in [-0.25, -0.2) is 0 Å². The standard InChI is InChI=1S/C72H141NO5/c1-3-5-7-9-11-13-15-17-18-19-20-21-26-29-32-35-38-41-44-48-52-56-60-64-70(75)69(68-74)73-71(76)65-61-57-53-49-45-42-39-36-33-30-27-24-22-23-25-28-31-34-37-40-43-47-51-55-59-63-67-78-72(77)66-62-58-54-50-46-16-14-12-10-8-6-4-2/h60,64,69-70,74-75H,3-59,61-63,65-68H2,1-2H3,(H,73,76)/b64-60+. The number of carbonyl (C=O) groups is 2. The van der Waals surface area contributed by atoms with Gasteiger partial charge in [0.1, 0.15) is 0 Å². The average Bonchev–Trinajstić information content (AvgIpc) is 3.44. The Morgan fingerprint density at radius 2 is 0.590 bits per heavy atom. The van der Waals surface area contributed by atoms with Gasteiger partial charge in [0.2, 0.25) is 5.91 Å². The predicted octanol–water partition coefficient (Wildman–Crippen LogP) is 23.1. The monoisotopic (exact) mass is 1100 g/mol. The Morgan fingerprint density at radius 3 is 0.872 bits per heavy atom. The van der Waals surface area contributed by atoms with Crippen LogP contribution in [0.2, 0.25) is 0 Å². The van der Waals surface area contributed by atoms with Gasteiger partial charge in [0.05, 0.1) is 25.4 Å². The quantitative estimate of drug-likeness (QED) is 0.0320. The van der Waals surface area contributed by atoms with Gasteiger partial charge in [-0.15, -0.1) is 0 Å². The maximum Gasteiger partial charge on any atom is 0.305 e. The molecule has 0 heterocycles. The fourth-order valence-corrected chi connectivity index (χ4v) is 11.6. The van der Waals surface area contributed by atoms with E-state index in [0.717, 1.165) is 38.5 Å². The van der Waals surface area contributed by atoms with Crippen molar-refractivity contribution >= 4 is 11.9 Å². The first kappa shape index (κ1) is 76.6. The lowest BCUT2D eigenvalue weighted by atomic mass is 10.0. The maximum atomic E-state index is 12.5. The fourth-order valence-electron chi connectivity index (χ4n) is 11.6. The number of unbranched alkanes of at least 4 members (excludes halogenated alkanes) is 57. The van der Waals surface area contributed by atoms with Crippen LogP contribution in [0.1, 0.15) is 412 Å². The van der Waals surface area contributed by atoms with Crippen molar-refractivity contribution in [3.8, 4) is 0 Å². The second-order valence-electron chi connectivity index (χ2n) is 24.9. The summed E-state index contributed by atoms with van der Waals surface area (Å²) in [6, 6.07) is -0.627. The highest BCUT2D eigenvalue weighted by molar-refractivity contribution is 5.76. The lowest BCUT2D eigenvalue weighted by Gasteiger charge is -2.20. The molecule has 0 saturated heterocycles. The minimum Gasteiger partial charge on any atom is -0.466 e. The molecule has 1 amide bonds. The van der Waals surface area contributed by atoms with E-state index in [1.807, 2.05) is 6.08 Å². The van der Waals surface area contributed by atoms with E-state index in [4.69, 9.17) is 4.74 Å². The van der Waals surface area contributed by atoms with Gasteiger partial charge < -0.3 is 20.3 Å². The van der Waals surface area contributed by atoms with E-state index >= 15 is 0 Å². The summed E-state index contributed by atoms with van der Waals surface area (Å²) >= 11 is 0. The number of esters is 1. The molecule has 0 aliphatic carbocycles. The van der Waals surface area contributed by atoms with Crippen LogP contribution in [0.5, 0.6) is 0 Å². The average molecular weight is 1100 g/mol. The van der Waals surface area contributed by atoms with Crippen molar-refractivity contribution in [2.45, 2.75) is 424 Å². The Labute approximate surface area is 489 Å². The van der Waals surface area contributed by atoms with Gasteiger partial charge in [-0.3, -0.25) is 9.59 Å². The van der Waals surface area contributed by atoms with Gasteiger partial charge in [-0.1, -0.05) is 379 Å². The van der Waals surface area contributed by atoms with Crippen LogP contribution >= 0.6 is 0 Å². The Balaban J connectivity index is 3.38. The number of allylic oxidation sites excluding steroid dienone is 1. The lowest BCUT2D eigenvalue weighted by molar-refractivity contribution is -0.143. The van der Waals surface area contributed by atoms with Crippen LogP contribution < -0.4 is 5.32 Å². The first-order chi connectivity index (χ1) is 38.5. The van der Waals surface area contributed by atoms with Crippen LogP contribution in [0.3, 0.4) is 0 Å². The smallest absolute Gasteiger partial charge is 0.305 e. The zero-order valence-electron chi connectivity index (χ0n) is 53.2. The number of amides is 1. The molecule has 6 heteroatoms. The summed E-state index contributed by atoms with van der Waals surface area (Å²) in [7, 11) is 0. The van der Waals surface area contributed by atoms with Crippen molar-refractivity contribution in [2.75, 3.05) is 13.2 Å². The Hall–Kier alpha value is -1.40. The summed E-state index contributed by atoms with van der Waals surface area (Å²) in [5.41, 5.74) is 0. The van der Waals surface area contributed by atoms with Crippen molar-refractivity contribution < 1.29 is 24.5 Å². The topological polar surface area (TPSA) is 95.9 Å². The number of aliphatic hydroxyl groups is 2. The van der Waals surface area contributed by atoms with E-state index in [1.54, 1.807) is 6.08 Å². The van der Waals surface area contributed by atoms with Crippen molar-refractivity contribution in [1.82, 2.24) is 5.32 Å². The van der Waals surface area contributed by atoms with Gasteiger partial charge in [0, 0.05) is 12.8 Å². The predicted molar refractivity (Wildman–Crippen MR) is 343 cm³/mol. The Kier molecular flexibility index (Phi) is 66.9. The summed E-state index contributed by atoms with van der Waals surface area (Å²) < 4.78 is 5.48. The number of hydrogen-bond acceptors (Lipinski definition) is 5. The highest BCUT2D eigenvalue weighted by Crippen LogP contribution is 2.19. The first-order valence-electron chi connectivity index (χ1n) is 36.0. The highest BCUT2D eigenvalue weighted by atomic mass is 16.5. The molecule has 2 atom stereocenters. The minimum atomic E-state index is -0.843. The molecular formula is C72H141NO5. The van der Waals surface area contributed by atoms with Crippen LogP contribution in [0.4, 0.5) is 0 Å². The Bertz CT molecular complexity index is 1180. The molecule has 0 aromatic heterocycles. The largest absolute Gasteiger partial charge is 0.466 e. The molecular weight excluding hydrogens is 959 g/mol. The van der Waals surface area contributed by atoms with Gasteiger partial charge in [0.25, 0.3) is 0 Å². The van der Waals surface area contributed by atoms with Crippen molar-refractivity contribution in [2.24, 2.45) is 0 Å². The minimum absolute atomic E-state index is 0.0186. The number of rotatable bonds is 68. The highest BCUT2D eigenvalue weighted by Gasteiger charge is 2.18. The molecule has 0 aliphatic heterocycles. The molecule has 0 aliphatic rings.